The number of amides is 1. The molecular weight excluding hydrogens is 326 g/mol. The molecule has 1 fully saturated rings. The Labute approximate surface area is 145 Å². The number of ether oxygens (including phenoxy) is 1. The van der Waals surface area contributed by atoms with Gasteiger partial charge in [0.05, 0.1) is 11.5 Å². The van der Waals surface area contributed by atoms with Crippen LogP contribution in [0.5, 0.6) is 5.75 Å². The van der Waals surface area contributed by atoms with Gasteiger partial charge in [-0.2, -0.15) is 0 Å². The van der Waals surface area contributed by atoms with Crippen molar-refractivity contribution in [3.63, 3.8) is 0 Å². The molecule has 5 heteroatoms. The van der Waals surface area contributed by atoms with Gasteiger partial charge in [-0.25, -0.2) is 0 Å². The zero-order valence-electron chi connectivity index (χ0n) is 13.0. The summed E-state index contributed by atoms with van der Waals surface area (Å²) in [7, 11) is 1.70. The molecule has 1 saturated heterocycles. The summed E-state index contributed by atoms with van der Waals surface area (Å²) >= 11 is 6.54. The van der Waals surface area contributed by atoms with E-state index in [-0.39, 0.29) is 5.91 Å². The Hall–Kier alpha value is -1.85. The fourth-order valence-electron chi connectivity index (χ4n) is 2.44. The van der Waals surface area contributed by atoms with Crippen LogP contribution < -0.4 is 4.74 Å². The van der Waals surface area contributed by atoms with Crippen LogP contribution in [0, 0.1) is 0 Å². The fraction of sp³-hybridized carbons (Fsp3) is 0.222. The summed E-state index contributed by atoms with van der Waals surface area (Å²) in [6, 6.07) is 12.1. The summed E-state index contributed by atoms with van der Waals surface area (Å²) in [6.07, 6.45) is 2.83. The highest BCUT2D eigenvalue weighted by Gasteiger charge is 2.29. The van der Waals surface area contributed by atoms with Gasteiger partial charge in [0.1, 0.15) is 10.1 Å². The molecule has 1 aliphatic rings. The Balaban J connectivity index is 2.14. The van der Waals surface area contributed by atoms with Crippen molar-refractivity contribution in [3.05, 3.63) is 46.9 Å². The minimum atomic E-state index is -0.0608. The van der Waals surface area contributed by atoms with Crippen LogP contribution in [0.1, 0.15) is 18.9 Å². The Morgan fingerprint density at radius 2 is 2.04 bits per heavy atom. The maximum absolute atomic E-state index is 12.3. The van der Waals surface area contributed by atoms with Crippen molar-refractivity contribution in [1.82, 2.24) is 4.90 Å². The zero-order chi connectivity index (χ0) is 16.4. The lowest BCUT2D eigenvalue weighted by molar-refractivity contribution is -0.121. The van der Waals surface area contributed by atoms with Gasteiger partial charge < -0.3 is 4.74 Å². The van der Waals surface area contributed by atoms with Crippen molar-refractivity contribution in [2.45, 2.75) is 13.3 Å². The number of thiocarbonyl (C=S) groups is 1. The van der Waals surface area contributed by atoms with Gasteiger partial charge in [0.15, 0.2) is 0 Å². The van der Waals surface area contributed by atoms with Crippen LogP contribution in [0.4, 0.5) is 0 Å². The van der Waals surface area contributed by atoms with E-state index in [0.717, 1.165) is 28.5 Å². The molecule has 1 aliphatic heterocycles. The molecule has 0 spiro atoms. The maximum atomic E-state index is 12.3. The van der Waals surface area contributed by atoms with E-state index in [4.69, 9.17) is 17.0 Å². The van der Waals surface area contributed by atoms with Gasteiger partial charge in [0.25, 0.3) is 5.91 Å². The number of hydrogen-bond acceptors (Lipinski definition) is 4. The minimum absolute atomic E-state index is 0.0608. The molecule has 2 aromatic carbocycles. The van der Waals surface area contributed by atoms with Crippen molar-refractivity contribution >= 4 is 51.1 Å². The molecule has 0 aliphatic carbocycles. The van der Waals surface area contributed by atoms with E-state index < -0.39 is 0 Å². The summed E-state index contributed by atoms with van der Waals surface area (Å²) in [5.41, 5.74) is 0.936. The quantitative estimate of drug-likeness (QED) is 0.605. The SMILES string of the molecule is CCCOc1ccc2ccccc2c1/C=C1/SC(=S)N(C)C1=O. The lowest BCUT2D eigenvalue weighted by Gasteiger charge is -2.12. The number of hydrogen-bond donors (Lipinski definition) is 0. The average molecular weight is 343 g/mol. The lowest BCUT2D eigenvalue weighted by atomic mass is 10.0. The molecule has 0 bridgehead atoms. The molecular formula is C18H17NO2S2. The first kappa shape index (κ1) is 16.0. The lowest BCUT2D eigenvalue weighted by Crippen LogP contribution is -2.22. The van der Waals surface area contributed by atoms with Crippen LogP contribution in [-0.4, -0.2) is 28.8 Å². The Morgan fingerprint density at radius 1 is 1.26 bits per heavy atom. The summed E-state index contributed by atoms with van der Waals surface area (Å²) in [5.74, 6) is 0.737. The van der Waals surface area contributed by atoms with Crippen molar-refractivity contribution in [3.8, 4) is 5.75 Å². The molecule has 0 radical (unpaired) electrons. The third kappa shape index (κ3) is 3.12. The van der Waals surface area contributed by atoms with Gasteiger partial charge in [-0.05, 0) is 29.3 Å². The molecule has 0 saturated carbocycles. The first-order valence-electron chi connectivity index (χ1n) is 7.48. The van der Waals surface area contributed by atoms with Crippen LogP contribution >= 0.6 is 24.0 Å². The van der Waals surface area contributed by atoms with E-state index in [1.165, 1.54) is 16.7 Å². The molecule has 0 N–H and O–H groups in total. The average Bonchev–Trinajstić information content (AvgIpc) is 2.81. The van der Waals surface area contributed by atoms with E-state index in [9.17, 15) is 4.79 Å². The van der Waals surface area contributed by atoms with Crippen LogP contribution in [0.3, 0.4) is 0 Å². The number of fused-ring (bicyclic) bond motifs is 1. The first-order valence-corrected chi connectivity index (χ1v) is 8.70. The highest BCUT2D eigenvalue weighted by atomic mass is 32.2. The molecule has 2 aromatic rings. The molecule has 0 unspecified atom stereocenters. The van der Waals surface area contributed by atoms with Gasteiger partial charge in [0.2, 0.25) is 0 Å². The summed E-state index contributed by atoms with van der Waals surface area (Å²) in [5, 5.41) is 2.19. The van der Waals surface area contributed by atoms with Crippen molar-refractivity contribution in [2.75, 3.05) is 13.7 Å². The predicted octanol–water partition coefficient (Wildman–Crippen LogP) is 4.46. The van der Waals surface area contributed by atoms with Crippen molar-refractivity contribution in [2.24, 2.45) is 0 Å². The minimum Gasteiger partial charge on any atom is -0.493 e. The van der Waals surface area contributed by atoms with Crippen LogP contribution in [-0.2, 0) is 4.79 Å². The highest BCUT2D eigenvalue weighted by Crippen LogP contribution is 2.36. The Kier molecular flexibility index (Phi) is 4.68. The van der Waals surface area contributed by atoms with Gasteiger partial charge in [-0.1, -0.05) is 61.2 Å². The number of carbonyl (C=O) groups is 1. The maximum Gasteiger partial charge on any atom is 0.265 e. The number of benzene rings is 2. The molecule has 0 aromatic heterocycles. The molecule has 3 nitrogen and oxygen atoms in total. The van der Waals surface area contributed by atoms with Gasteiger partial charge in [-0.15, -0.1) is 0 Å². The number of thioether (sulfide) groups is 1. The number of rotatable bonds is 4. The smallest absolute Gasteiger partial charge is 0.265 e. The zero-order valence-corrected chi connectivity index (χ0v) is 14.7. The molecule has 23 heavy (non-hydrogen) atoms. The summed E-state index contributed by atoms with van der Waals surface area (Å²) < 4.78 is 6.46. The monoisotopic (exact) mass is 343 g/mol. The van der Waals surface area contributed by atoms with E-state index in [1.807, 2.05) is 36.4 Å². The van der Waals surface area contributed by atoms with Crippen LogP contribution in [0.2, 0.25) is 0 Å². The second-order valence-corrected chi connectivity index (χ2v) is 6.96. The fourth-order valence-corrected chi connectivity index (χ4v) is 3.60. The van der Waals surface area contributed by atoms with Crippen LogP contribution in [0.15, 0.2) is 41.3 Å². The van der Waals surface area contributed by atoms with Gasteiger partial charge >= 0.3 is 0 Å². The molecule has 118 valence electrons. The predicted molar refractivity (Wildman–Crippen MR) is 101 cm³/mol. The molecule has 1 heterocycles. The Morgan fingerprint density at radius 3 is 2.74 bits per heavy atom. The number of nitrogens with zero attached hydrogens (tertiary/aromatic N) is 1. The molecule has 1 amide bonds. The van der Waals surface area contributed by atoms with Crippen molar-refractivity contribution in [1.29, 1.82) is 0 Å². The summed E-state index contributed by atoms with van der Waals surface area (Å²) in [6.45, 7) is 2.72. The van der Waals surface area contributed by atoms with E-state index in [0.29, 0.717) is 15.8 Å². The summed E-state index contributed by atoms with van der Waals surface area (Å²) in [4.78, 5) is 14.4. The van der Waals surface area contributed by atoms with Gasteiger partial charge in [-0.3, -0.25) is 9.69 Å². The molecule has 3 rings (SSSR count). The standard InChI is InChI=1S/C18H17NO2S2/c1-3-10-21-15-9-8-12-6-4-5-7-13(12)14(15)11-16-17(20)19(2)18(22)23-16/h4-9,11H,3,10H2,1-2H3/b16-11+. The Bertz CT molecular complexity index is 814. The normalized spacial score (nSPS) is 16.6. The molecule has 0 atom stereocenters. The van der Waals surface area contributed by atoms with Crippen molar-refractivity contribution < 1.29 is 9.53 Å². The van der Waals surface area contributed by atoms with Crippen LogP contribution in [0.25, 0.3) is 16.8 Å². The van der Waals surface area contributed by atoms with Gasteiger partial charge in [0, 0.05) is 12.6 Å². The first-order chi connectivity index (χ1) is 11.1. The van der Waals surface area contributed by atoms with E-state index >= 15 is 0 Å². The third-order valence-corrected chi connectivity index (χ3v) is 5.14. The second kappa shape index (κ2) is 6.72. The highest BCUT2D eigenvalue weighted by molar-refractivity contribution is 8.26. The number of carbonyl (C=O) groups excluding carboxylic acids is 1. The third-order valence-electron chi connectivity index (χ3n) is 3.65. The number of likely N-dealkylation sites (N-methyl/N-ethyl adjacent to an activating group) is 1. The van der Waals surface area contributed by atoms with E-state index in [1.54, 1.807) is 7.05 Å². The second-order valence-electron chi connectivity index (χ2n) is 5.29. The topological polar surface area (TPSA) is 29.5 Å². The largest absolute Gasteiger partial charge is 0.493 e. The van der Waals surface area contributed by atoms with E-state index in [2.05, 4.69) is 13.0 Å².